The van der Waals surface area contributed by atoms with Crippen molar-refractivity contribution in [3.8, 4) is 0 Å². The average Bonchev–Trinajstić information content (AvgIpc) is 2.90. The van der Waals surface area contributed by atoms with Gasteiger partial charge in [0.15, 0.2) is 0 Å². The normalized spacial score (nSPS) is 22.9. The molecule has 2 atom stereocenters. The fraction of sp³-hybridized carbons (Fsp3) is 0.714. The Kier molecular flexibility index (Phi) is 4.63. The van der Waals surface area contributed by atoms with E-state index < -0.39 is 0 Å². The van der Waals surface area contributed by atoms with Gasteiger partial charge in [-0.3, -0.25) is 4.90 Å². The topological polar surface area (TPSA) is 28.4 Å². The van der Waals surface area contributed by atoms with Gasteiger partial charge >= 0.3 is 0 Å². The summed E-state index contributed by atoms with van der Waals surface area (Å²) in [5, 5.41) is 3.51. The summed E-state index contributed by atoms with van der Waals surface area (Å²) in [6.07, 6.45) is 7.47. The van der Waals surface area contributed by atoms with Crippen LogP contribution < -0.4 is 5.32 Å². The van der Waals surface area contributed by atoms with Crippen molar-refractivity contribution in [2.45, 2.75) is 45.2 Å². The summed E-state index contributed by atoms with van der Waals surface area (Å²) in [5.74, 6) is 0. The van der Waals surface area contributed by atoms with Crippen LogP contribution in [0.15, 0.2) is 23.0 Å². The van der Waals surface area contributed by atoms with Crippen LogP contribution in [0, 0.1) is 0 Å². The number of nitrogens with zero attached hydrogens (tertiary/aromatic N) is 1. The second-order valence-electron chi connectivity index (χ2n) is 4.97. The molecule has 0 radical (unpaired) electrons. The smallest absolute Gasteiger partial charge is 0.0950 e. The zero-order chi connectivity index (χ0) is 12.1. The highest BCUT2D eigenvalue weighted by Crippen LogP contribution is 2.25. The monoisotopic (exact) mass is 236 g/mol. The molecule has 0 amide bonds. The molecule has 0 bridgehead atoms. The van der Waals surface area contributed by atoms with E-state index in [0.717, 1.165) is 6.54 Å². The molecule has 1 aromatic heterocycles. The van der Waals surface area contributed by atoms with Crippen molar-refractivity contribution in [2.24, 2.45) is 0 Å². The number of hydrogen-bond donors (Lipinski definition) is 1. The van der Waals surface area contributed by atoms with E-state index in [2.05, 4.69) is 30.1 Å². The lowest BCUT2D eigenvalue weighted by atomic mass is 10.0. The molecule has 0 saturated carbocycles. The summed E-state index contributed by atoms with van der Waals surface area (Å²) < 4.78 is 5.21. The minimum atomic E-state index is 0.457. The van der Waals surface area contributed by atoms with Crippen LogP contribution in [0.4, 0.5) is 0 Å². The van der Waals surface area contributed by atoms with Crippen molar-refractivity contribution in [1.82, 2.24) is 10.2 Å². The highest BCUT2D eigenvalue weighted by molar-refractivity contribution is 5.11. The van der Waals surface area contributed by atoms with E-state index in [-0.39, 0.29) is 0 Å². The SMILES string of the molecule is CCCN(C1CCCNC1)C(C)c1ccoc1. The van der Waals surface area contributed by atoms with Gasteiger partial charge in [-0.25, -0.2) is 0 Å². The molecule has 0 aromatic carbocycles. The molecule has 1 aliphatic rings. The summed E-state index contributed by atoms with van der Waals surface area (Å²) in [5.41, 5.74) is 1.30. The van der Waals surface area contributed by atoms with Gasteiger partial charge in [-0.05, 0) is 45.3 Å². The van der Waals surface area contributed by atoms with E-state index in [1.54, 1.807) is 6.26 Å². The first kappa shape index (κ1) is 12.7. The Labute approximate surface area is 104 Å². The maximum atomic E-state index is 5.21. The van der Waals surface area contributed by atoms with Crippen LogP contribution in [0.3, 0.4) is 0 Å². The molecular formula is C14H24N2O. The van der Waals surface area contributed by atoms with Crippen LogP contribution in [-0.2, 0) is 0 Å². The van der Waals surface area contributed by atoms with Crippen molar-refractivity contribution in [1.29, 1.82) is 0 Å². The predicted molar refractivity (Wildman–Crippen MR) is 70.0 cm³/mol. The first-order valence-corrected chi connectivity index (χ1v) is 6.81. The second kappa shape index (κ2) is 6.22. The third kappa shape index (κ3) is 3.11. The molecule has 1 N–H and O–H groups in total. The fourth-order valence-corrected chi connectivity index (χ4v) is 2.77. The molecular weight excluding hydrogens is 212 g/mol. The molecule has 2 unspecified atom stereocenters. The Morgan fingerprint density at radius 1 is 1.59 bits per heavy atom. The highest BCUT2D eigenvalue weighted by Gasteiger charge is 2.25. The van der Waals surface area contributed by atoms with Gasteiger partial charge in [0.25, 0.3) is 0 Å². The van der Waals surface area contributed by atoms with Crippen LogP contribution in [0.25, 0.3) is 0 Å². The molecule has 1 fully saturated rings. The molecule has 3 nitrogen and oxygen atoms in total. The molecule has 2 rings (SSSR count). The van der Waals surface area contributed by atoms with E-state index in [0.29, 0.717) is 12.1 Å². The van der Waals surface area contributed by atoms with E-state index in [9.17, 15) is 0 Å². The van der Waals surface area contributed by atoms with Gasteiger partial charge in [0.05, 0.1) is 12.5 Å². The molecule has 17 heavy (non-hydrogen) atoms. The lowest BCUT2D eigenvalue weighted by Crippen LogP contribution is -2.47. The molecule has 96 valence electrons. The Hall–Kier alpha value is -0.800. The zero-order valence-electron chi connectivity index (χ0n) is 11.0. The van der Waals surface area contributed by atoms with Crippen LogP contribution >= 0.6 is 0 Å². The second-order valence-corrected chi connectivity index (χ2v) is 4.97. The standard InChI is InChI=1S/C14H24N2O/c1-3-8-16(14-5-4-7-15-10-14)12(2)13-6-9-17-11-13/h6,9,11-12,14-15H,3-5,7-8,10H2,1-2H3. The Morgan fingerprint density at radius 2 is 2.47 bits per heavy atom. The summed E-state index contributed by atoms with van der Waals surface area (Å²) >= 11 is 0. The molecule has 0 spiro atoms. The van der Waals surface area contributed by atoms with Crippen molar-refractivity contribution in [3.05, 3.63) is 24.2 Å². The Balaban J connectivity index is 2.04. The Bertz CT molecular complexity index is 304. The van der Waals surface area contributed by atoms with Crippen molar-refractivity contribution in [2.75, 3.05) is 19.6 Å². The van der Waals surface area contributed by atoms with Gasteiger partial charge in [0.1, 0.15) is 0 Å². The van der Waals surface area contributed by atoms with Crippen LogP contribution in [0.2, 0.25) is 0 Å². The van der Waals surface area contributed by atoms with Crippen molar-refractivity contribution >= 4 is 0 Å². The van der Waals surface area contributed by atoms with Gasteiger partial charge in [0, 0.05) is 24.2 Å². The number of rotatable bonds is 5. The maximum absolute atomic E-state index is 5.21. The third-order valence-corrected chi connectivity index (χ3v) is 3.74. The first-order valence-electron chi connectivity index (χ1n) is 6.81. The van der Waals surface area contributed by atoms with E-state index in [1.807, 2.05) is 6.26 Å². The molecule has 0 aliphatic carbocycles. The van der Waals surface area contributed by atoms with Crippen LogP contribution in [-0.4, -0.2) is 30.6 Å². The highest BCUT2D eigenvalue weighted by atomic mass is 16.3. The molecule has 3 heteroatoms. The average molecular weight is 236 g/mol. The number of furan rings is 1. The Morgan fingerprint density at radius 3 is 3.06 bits per heavy atom. The summed E-state index contributed by atoms with van der Waals surface area (Å²) in [4.78, 5) is 2.62. The lowest BCUT2D eigenvalue weighted by molar-refractivity contribution is 0.120. The number of piperidine rings is 1. The van der Waals surface area contributed by atoms with Crippen LogP contribution in [0.1, 0.15) is 44.7 Å². The first-order chi connectivity index (χ1) is 8.33. The summed E-state index contributed by atoms with van der Waals surface area (Å²) in [6.45, 7) is 8.01. The predicted octanol–water partition coefficient (Wildman–Crippen LogP) is 2.80. The van der Waals surface area contributed by atoms with Gasteiger partial charge < -0.3 is 9.73 Å². The largest absolute Gasteiger partial charge is 0.472 e. The third-order valence-electron chi connectivity index (χ3n) is 3.74. The maximum Gasteiger partial charge on any atom is 0.0950 e. The van der Waals surface area contributed by atoms with E-state index >= 15 is 0 Å². The van der Waals surface area contributed by atoms with Gasteiger partial charge in [-0.2, -0.15) is 0 Å². The molecule has 1 aromatic rings. The minimum absolute atomic E-state index is 0.457. The van der Waals surface area contributed by atoms with Gasteiger partial charge in [-0.1, -0.05) is 6.92 Å². The van der Waals surface area contributed by atoms with E-state index in [1.165, 1.54) is 37.9 Å². The molecule has 1 saturated heterocycles. The number of nitrogens with one attached hydrogen (secondary N) is 1. The fourth-order valence-electron chi connectivity index (χ4n) is 2.77. The quantitative estimate of drug-likeness (QED) is 0.852. The van der Waals surface area contributed by atoms with Gasteiger partial charge in [-0.15, -0.1) is 0 Å². The molecule has 1 aliphatic heterocycles. The van der Waals surface area contributed by atoms with Crippen molar-refractivity contribution < 1.29 is 4.42 Å². The summed E-state index contributed by atoms with van der Waals surface area (Å²) in [7, 11) is 0. The lowest BCUT2D eigenvalue weighted by Gasteiger charge is -2.38. The van der Waals surface area contributed by atoms with E-state index in [4.69, 9.17) is 4.42 Å². The van der Waals surface area contributed by atoms with Gasteiger partial charge in [0.2, 0.25) is 0 Å². The molecule has 2 heterocycles. The van der Waals surface area contributed by atoms with Crippen LogP contribution in [0.5, 0.6) is 0 Å². The number of hydrogen-bond acceptors (Lipinski definition) is 3. The summed E-state index contributed by atoms with van der Waals surface area (Å²) in [6, 6.07) is 3.22. The van der Waals surface area contributed by atoms with Crippen molar-refractivity contribution in [3.63, 3.8) is 0 Å². The minimum Gasteiger partial charge on any atom is -0.472 e. The zero-order valence-corrected chi connectivity index (χ0v) is 11.0.